The molecule has 0 N–H and O–H groups in total. The fourth-order valence-electron chi connectivity index (χ4n) is 3.12. The molecule has 24 heavy (non-hydrogen) atoms. The van der Waals surface area contributed by atoms with Crippen molar-refractivity contribution in [3.05, 3.63) is 58.7 Å². The molecule has 4 heteroatoms. The Morgan fingerprint density at radius 1 is 0.958 bits per heavy atom. The zero-order chi connectivity index (χ0) is 17.1. The van der Waals surface area contributed by atoms with Crippen LogP contribution in [-0.4, -0.2) is 27.6 Å². The molecule has 0 aliphatic heterocycles. The van der Waals surface area contributed by atoms with Crippen molar-refractivity contribution in [3.63, 3.8) is 0 Å². The number of rotatable bonds is 5. The van der Waals surface area contributed by atoms with Crippen molar-refractivity contribution in [2.45, 2.75) is 12.3 Å². The number of hydrogen-bond donors (Lipinski definition) is 0. The molecule has 0 spiro atoms. The van der Waals surface area contributed by atoms with E-state index in [-0.39, 0.29) is 5.92 Å². The van der Waals surface area contributed by atoms with Crippen LogP contribution < -0.4 is 14.2 Å². The van der Waals surface area contributed by atoms with Gasteiger partial charge < -0.3 is 19.0 Å². The Morgan fingerprint density at radius 3 is 2.21 bits per heavy atom. The van der Waals surface area contributed by atoms with Gasteiger partial charge in [0.05, 0.1) is 27.2 Å². The molecular formula is C20H20O4. The first-order valence-electron chi connectivity index (χ1n) is 7.74. The van der Waals surface area contributed by atoms with Gasteiger partial charge in [-0.3, -0.25) is 0 Å². The van der Waals surface area contributed by atoms with E-state index in [1.807, 2.05) is 36.4 Å². The van der Waals surface area contributed by atoms with Crippen molar-refractivity contribution < 1.29 is 19.0 Å². The third-order valence-electron chi connectivity index (χ3n) is 4.38. The number of carbonyl (C=O) groups excluding carboxylic acids is 1. The van der Waals surface area contributed by atoms with Crippen LogP contribution in [-0.2, 0) is 11.2 Å². The van der Waals surface area contributed by atoms with Crippen LogP contribution in [0.5, 0.6) is 17.2 Å². The van der Waals surface area contributed by atoms with Gasteiger partial charge in [0, 0.05) is 0 Å². The maximum Gasteiger partial charge on any atom is 0.161 e. The summed E-state index contributed by atoms with van der Waals surface area (Å²) in [6, 6.07) is 11.7. The van der Waals surface area contributed by atoms with Crippen LogP contribution in [0.3, 0.4) is 0 Å². The number of allylic oxidation sites excluding steroid dienone is 1. The fourth-order valence-corrected chi connectivity index (χ4v) is 3.12. The topological polar surface area (TPSA) is 44.8 Å². The summed E-state index contributed by atoms with van der Waals surface area (Å²) in [5, 5.41) is 0. The first-order valence-corrected chi connectivity index (χ1v) is 7.74. The summed E-state index contributed by atoms with van der Waals surface area (Å²) in [5.41, 5.74) is 4.21. The molecule has 0 saturated carbocycles. The molecule has 0 radical (unpaired) electrons. The summed E-state index contributed by atoms with van der Waals surface area (Å²) in [4.78, 5) is 11.7. The standard InChI is InChI=1S/C20H20O4/c1-22-16-6-4-13(5-7-16)8-14-9-15-10-19(23-2)20(24-3)11-17(15)18(14)12-21/h4-8,10-12,18H,9H2,1-3H3/b14-8+. The van der Waals surface area contributed by atoms with Gasteiger partial charge in [-0.2, -0.15) is 0 Å². The van der Waals surface area contributed by atoms with Gasteiger partial charge >= 0.3 is 0 Å². The van der Waals surface area contributed by atoms with Gasteiger partial charge in [0.15, 0.2) is 11.5 Å². The summed E-state index contributed by atoms with van der Waals surface area (Å²) in [5.74, 6) is 1.90. The monoisotopic (exact) mass is 324 g/mol. The van der Waals surface area contributed by atoms with Gasteiger partial charge in [-0.05, 0) is 47.4 Å². The van der Waals surface area contributed by atoms with Crippen LogP contribution in [0.25, 0.3) is 6.08 Å². The Kier molecular flexibility index (Phi) is 4.56. The second-order valence-corrected chi connectivity index (χ2v) is 5.69. The molecule has 0 fully saturated rings. The van der Waals surface area contributed by atoms with Gasteiger partial charge in [0.25, 0.3) is 0 Å². The normalized spacial score (nSPS) is 17.5. The quantitative estimate of drug-likeness (QED) is 0.788. The van der Waals surface area contributed by atoms with E-state index in [9.17, 15) is 4.79 Å². The molecule has 1 aliphatic rings. The average Bonchev–Trinajstić information content (AvgIpc) is 2.96. The molecule has 0 heterocycles. The number of hydrogen-bond acceptors (Lipinski definition) is 4. The Balaban J connectivity index is 1.98. The molecule has 3 rings (SSSR count). The molecule has 1 unspecified atom stereocenters. The lowest BCUT2D eigenvalue weighted by Gasteiger charge is -2.11. The lowest BCUT2D eigenvalue weighted by molar-refractivity contribution is -0.108. The summed E-state index contributed by atoms with van der Waals surface area (Å²) >= 11 is 0. The summed E-state index contributed by atoms with van der Waals surface area (Å²) < 4.78 is 15.9. The average molecular weight is 324 g/mol. The minimum atomic E-state index is -0.248. The van der Waals surface area contributed by atoms with E-state index < -0.39 is 0 Å². The van der Waals surface area contributed by atoms with E-state index in [4.69, 9.17) is 14.2 Å². The molecule has 0 bridgehead atoms. The van der Waals surface area contributed by atoms with Crippen LogP contribution in [0.4, 0.5) is 0 Å². The zero-order valence-corrected chi connectivity index (χ0v) is 14.0. The highest BCUT2D eigenvalue weighted by Crippen LogP contribution is 2.42. The summed E-state index contributed by atoms with van der Waals surface area (Å²) in [6.45, 7) is 0. The first kappa shape index (κ1) is 16.1. The SMILES string of the molecule is COc1ccc(/C=C2\Cc3cc(OC)c(OC)cc3C2C=O)cc1. The van der Waals surface area contributed by atoms with E-state index in [0.717, 1.165) is 40.7 Å². The van der Waals surface area contributed by atoms with Crippen molar-refractivity contribution in [2.75, 3.05) is 21.3 Å². The van der Waals surface area contributed by atoms with Gasteiger partial charge in [-0.15, -0.1) is 0 Å². The smallest absolute Gasteiger partial charge is 0.161 e. The van der Waals surface area contributed by atoms with E-state index in [1.54, 1.807) is 21.3 Å². The highest BCUT2D eigenvalue weighted by molar-refractivity contribution is 5.77. The van der Waals surface area contributed by atoms with E-state index in [0.29, 0.717) is 11.5 Å². The van der Waals surface area contributed by atoms with Crippen molar-refractivity contribution in [1.29, 1.82) is 0 Å². The highest BCUT2D eigenvalue weighted by atomic mass is 16.5. The minimum absolute atomic E-state index is 0.248. The van der Waals surface area contributed by atoms with Crippen molar-refractivity contribution in [1.82, 2.24) is 0 Å². The van der Waals surface area contributed by atoms with Crippen LogP contribution in [0.2, 0.25) is 0 Å². The Labute approximate surface area is 141 Å². The van der Waals surface area contributed by atoms with Gasteiger partial charge in [-0.1, -0.05) is 23.8 Å². The van der Waals surface area contributed by atoms with Gasteiger partial charge in [0.2, 0.25) is 0 Å². The lowest BCUT2D eigenvalue weighted by atomic mass is 9.97. The summed E-state index contributed by atoms with van der Waals surface area (Å²) in [6.07, 6.45) is 3.79. The third-order valence-corrected chi connectivity index (χ3v) is 4.38. The first-order chi connectivity index (χ1) is 11.7. The molecule has 124 valence electrons. The van der Waals surface area contributed by atoms with Gasteiger partial charge in [-0.25, -0.2) is 0 Å². The highest BCUT2D eigenvalue weighted by Gasteiger charge is 2.28. The lowest BCUT2D eigenvalue weighted by Crippen LogP contribution is -1.99. The fraction of sp³-hybridized carbons (Fsp3) is 0.250. The molecule has 0 saturated heterocycles. The minimum Gasteiger partial charge on any atom is -0.497 e. The van der Waals surface area contributed by atoms with Crippen molar-refractivity contribution >= 4 is 12.4 Å². The molecule has 0 aromatic heterocycles. The second-order valence-electron chi connectivity index (χ2n) is 5.69. The third kappa shape index (κ3) is 2.87. The molecule has 2 aromatic carbocycles. The molecular weight excluding hydrogens is 304 g/mol. The molecule has 1 atom stereocenters. The zero-order valence-electron chi connectivity index (χ0n) is 14.0. The van der Waals surface area contributed by atoms with Crippen molar-refractivity contribution in [3.8, 4) is 17.2 Å². The molecule has 1 aliphatic carbocycles. The maximum absolute atomic E-state index is 11.7. The number of carbonyl (C=O) groups is 1. The van der Waals surface area contributed by atoms with E-state index in [1.165, 1.54) is 0 Å². The van der Waals surface area contributed by atoms with Crippen LogP contribution in [0.1, 0.15) is 22.6 Å². The number of methoxy groups -OCH3 is 3. The number of aldehydes is 1. The van der Waals surface area contributed by atoms with Crippen molar-refractivity contribution in [2.24, 2.45) is 0 Å². The van der Waals surface area contributed by atoms with Gasteiger partial charge in [0.1, 0.15) is 12.0 Å². The molecule has 2 aromatic rings. The van der Waals surface area contributed by atoms with E-state index >= 15 is 0 Å². The Morgan fingerprint density at radius 2 is 1.62 bits per heavy atom. The maximum atomic E-state index is 11.7. The Bertz CT molecular complexity index is 775. The molecule has 4 nitrogen and oxygen atoms in total. The number of ether oxygens (including phenoxy) is 3. The number of benzene rings is 2. The van der Waals surface area contributed by atoms with E-state index in [2.05, 4.69) is 6.08 Å². The largest absolute Gasteiger partial charge is 0.497 e. The predicted molar refractivity (Wildman–Crippen MR) is 93.0 cm³/mol. The summed E-state index contributed by atoms with van der Waals surface area (Å²) in [7, 11) is 4.86. The predicted octanol–water partition coefficient (Wildman–Crippen LogP) is 3.63. The van der Waals surface area contributed by atoms with Crippen LogP contribution in [0.15, 0.2) is 42.0 Å². The van der Waals surface area contributed by atoms with Crippen LogP contribution >= 0.6 is 0 Å². The van der Waals surface area contributed by atoms with Crippen LogP contribution in [0, 0.1) is 0 Å². The second kappa shape index (κ2) is 6.79. The Hall–Kier alpha value is -2.75. The molecule has 0 amide bonds. The number of fused-ring (bicyclic) bond motifs is 1.